The van der Waals surface area contributed by atoms with Crippen molar-refractivity contribution < 1.29 is 22.7 Å². The summed E-state index contributed by atoms with van der Waals surface area (Å²) in [5.74, 6) is -0.141. The van der Waals surface area contributed by atoms with E-state index in [1.54, 1.807) is 12.1 Å². The van der Waals surface area contributed by atoms with E-state index in [4.69, 9.17) is 0 Å². The van der Waals surface area contributed by atoms with Gasteiger partial charge in [0.15, 0.2) is 0 Å². The van der Waals surface area contributed by atoms with E-state index in [2.05, 4.69) is 15.4 Å². The molecule has 2 fully saturated rings. The number of carbonyl (C=O) groups excluding carboxylic acids is 1. The first-order valence-electron chi connectivity index (χ1n) is 8.27. The van der Waals surface area contributed by atoms with E-state index in [-0.39, 0.29) is 35.9 Å². The highest BCUT2D eigenvalue weighted by Gasteiger charge is 2.46. The lowest BCUT2D eigenvalue weighted by Gasteiger charge is -2.13. The molecule has 0 radical (unpaired) electrons. The van der Waals surface area contributed by atoms with Crippen LogP contribution in [-0.4, -0.2) is 31.9 Å². The maximum Gasteiger partial charge on any atom is 0.573 e. The molecule has 1 aromatic rings. The molecule has 1 saturated heterocycles. The highest BCUT2D eigenvalue weighted by Crippen LogP contribution is 2.51. The molecule has 1 aliphatic heterocycles. The third kappa shape index (κ3) is 5.51. The molecule has 3 rings (SSSR count). The van der Waals surface area contributed by atoms with Crippen molar-refractivity contribution in [3.05, 3.63) is 29.8 Å². The van der Waals surface area contributed by atoms with Crippen molar-refractivity contribution in [3.63, 3.8) is 0 Å². The zero-order valence-electron chi connectivity index (χ0n) is 13.6. The predicted octanol–water partition coefficient (Wildman–Crippen LogP) is 3.23. The summed E-state index contributed by atoms with van der Waals surface area (Å²) in [6, 6.07) is 6.06. The summed E-state index contributed by atoms with van der Waals surface area (Å²) in [6.45, 7) is 2.64. The molecule has 1 saturated carbocycles. The van der Waals surface area contributed by atoms with Crippen LogP contribution in [0.2, 0.25) is 0 Å². The molecule has 2 aliphatic rings. The Kier molecular flexibility index (Phi) is 6.57. The maximum absolute atomic E-state index is 12.5. The molecule has 8 heteroatoms. The third-order valence-electron chi connectivity index (χ3n) is 4.69. The molecule has 140 valence electrons. The Morgan fingerprint density at radius 3 is 2.76 bits per heavy atom. The Bertz CT molecular complexity index is 592. The van der Waals surface area contributed by atoms with E-state index >= 15 is 0 Å². The van der Waals surface area contributed by atoms with E-state index in [9.17, 15) is 18.0 Å². The molecule has 0 spiro atoms. The minimum absolute atomic E-state index is 0. The Morgan fingerprint density at radius 1 is 1.32 bits per heavy atom. The predicted molar refractivity (Wildman–Crippen MR) is 89.8 cm³/mol. The number of amides is 1. The number of nitrogens with one attached hydrogen (secondary N) is 2. The van der Waals surface area contributed by atoms with Gasteiger partial charge in [-0.05, 0) is 55.8 Å². The number of para-hydroxylation sites is 1. The first kappa shape index (κ1) is 19.8. The number of rotatable bonds is 6. The minimum atomic E-state index is -4.72. The smallest absolute Gasteiger partial charge is 0.405 e. The van der Waals surface area contributed by atoms with Crippen LogP contribution in [0.25, 0.3) is 0 Å². The average Bonchev–Trinajstić information content (AvgIpc) is 3.14. The molecule has 1 aromatic carbocycles. The maximum atomic E-state index is 12.5. The van der Waals surface area contributed by atoms with Crippen LogP contribution in [0.4, 0.5) is 13.2 Å². The van der Waals surface area contributed by atoms with Crippen molar-refractivity contribution >= 4 is 18.3 Å². The Hall–Kier alpha value is -1.47. The van der Waals surface area contributed by atoms with Gasteiger partial charge in [0, 0.05) is 12.5 Å². The van der Waals surface area contributed by atoms with Gasteiger partial charge in [0.05, 0.1) is 0 Å². The third-order valence-corrected chi connectivity index (χ3v) is 4.69. The van der Waals surface area contributed by atoms with Gasteiger partial charge in [0.2, 0.25) is 5.91 Å². The molecule has 3 atom stereocenters. The summed E-state index contributed by atoms with van der Waals surface area (Å²) in [5, 5.41) is 6.19. The van der Waals surface area contributed by atoms with E-state index in [0.717, 1.165) is 25.9 Å². The first-order valence-corrected chi connectivity index (χ1v) is 8.27. The van der Waals surface area contributed by atoms with Gasteiger partial charge in [-0.3, -0.25) is 4.79 Å². The summed E-state index contributed by atoms with van der Waals surface area (Å²) in [7, 11) is 0. The summed E-state index contributed by atoms with van der Waals surface area (Å²) < 4.78 is 41.5. The molecule has 0 bridgehead atoms. The van der Waals surface area contributed by atoms with Gasteiger partial charge in [0.25, 0.3) is 0 Å². The standard InChI is InChI=1S/C17H21F3N2O2.ClH/c18-17(19,20)24-15-4-2-1-3-12(15)13-9-14(13)16(23)22-8-6-11-5-7-21-10-11;/h1-4,11,13-14,21H,5-10H2,(H,22,23);1H. The quantitative estimate of drug-likeness (QED) is 0.799. The normalized spacial score (nSPS) is 25.2. The Labute approximate surface area is 150 Å². The molecule has 25 heavy (non-hydrogen) atoms. The fourth-order valence-corrected chi connectivity index (χ4v) is 3.32. The molecule has 0 aromatic heterocycles. The van der Waals surface area contributed by atoms with Gasteiger partial charge in [0.1, 0.15) is 5.75 Å². The molecular weight excluding hydrogens is 357 g/mol. The summed E-state index contributed by atoms with van der Waals surface area (Å²) >= 11 is 0. The van der Waals surface area contributed by atoms with Crippen LogP contribution in [0, 0.1) is 11.8 Å². The van der Waals surface area contributed by atoms with E-state index in [0.29, 0.717) is 24.4 Å². The van der Waals surface area contributed by atoms with Crippen LogP contribution < -0.4 is 15.4 Å². The lowest BCUT2D eigenvalue weighted by atomic mass is 10.1. The number of ether oxygens (including phenoxy) is 1. The van der Waals surface area contributed by atoms with Gasteiger partial charge in [-0.2, -0.15) is 0 Å². The number of hydrogen-bond donors (Lipinski definition) is 2. The summed E-state index contributed by atoms with van der Waals surface area (Å²) in [6.07, 6.45) is -2.10. The molecular formula is C17H22ClF3N2O2. The van der Waals surface area contributed by atoms with Crippen molar-refractivity contribution in [2.75, 3.05) is 19.6 Å². The van der Waals surface area contributed by atoms with Crippen LogP contribution >= 0.6 is 12.4 Å². The molecule has 4 nitrogen and oxygen atoms in total. The number of halogens is 4. The van der Waals surface area contributed by atoms with E-state index in [1.165, 1.54) is 12.1 Å². The second-order valence-corrected chi connectivity index (χ2v) is 6.47. The van der Waals surface area contributed by atoms with Crippen LogP contribution in [0.15, 0.2) is 24.3 Å². The lowest BCUT2D eigenvalue weighted by Crippen LogP contribution is -2.28. The van der Waals surface area contributed by atoms with Crippen molar-refractivity contribution in [1.29, 1.82) is 0 Å². The van der Waals surface area contributed by atoms with Crippen LogP contribution in [0.5, 0.6) is 5.75 Å². The van der Waals surface area contributed by atoms with Gasteiger partial charge >= 0.3 is 6.36 Å². The highest BCUT2D eigenvalue weighted by molar-refractivity contribution is 5.85. The molecule has 2 N–H and O–H groups in total. The largest absolute Gasteiger partial charge is 0.573 e. The molecule has 1 aliphatic carbocycles. The highest BCUT2D eigenvalue weighted by atomic mass is 35.5. The zero-order chi connectivity index (χ0) is 17.2. The van der Waals surface area contributed by atoms with Gasteiger partial charge < -0.3 is 15.4 Å². The second kappa shape index (κ2) is 8.27. The van der Waals surface area contributed by atoms with E-state index in [1.807, 2.05) is 0 Å². The number of alkyl halides is 3. The van der Waals surface area contributed by atoms with Gasteiger partial charge in [-0.15, -0.1) is 25.6 Å². The Balaban J connectivity index is 0.00000225. The molecule has 1 amide bonds. The lowest BCUT2D eigenvalue weighted by molar-refractivity contribution is -0.274. The van der Waals surface area contributed by atoms with Crippen molar-refractivity contribution in [2.24, 2.45) is 11.8 Å². The monoisotopic (exact) mass is 378 g/mol. The van der Waals surface area contributed by atoms with Crippen molar-refractivity contribution in [2.45, 2.75) is 31.5 Å². The van der Waals surface area contributed by atoms with Gasteiger partial charge in [-0.1, -0.05) is 18.2 Å². The zero-order valence-corrected chi connectivity index (χ0v) is 14.5. The second-order valence-electron chi connectivity index (χ2n) is 6.47. The fourth-order valence-electron chi connectivity index (χ4n) is 3.32. The molecule has 1 heterocycles. The van der Waals surface area contributed by atoms with Crippen LogP contribution in [0.3, 0.4) is 0 Å². The average molecular weight is 379 g/mol. The summed E-state index contributed by atoms with van der Waals surface area (Å²) in [4.78, 5) is 12.2. The van der Waals surface area contributed by atoms with E-state index < -0.39 is 6.36 Å². The number of carbonyl (C=O) groups is 1. The molecule has 3 unspecified atom stereocenters. The first-order chi connectivity index (χ1) is 11.4. The van der Waals surface area contributed by atoms with Crippen LogP contribution in [-0.2, 0) is 4.79 Å². The van der Waals surface area contributed by atoms with Crippen molar-refractivity contribution in [3.8, 4) is 5.75 Å². The fraction of sp³-hybridized carbons (Fsp3) is 0.588. The van der Waals surface area contributed by atoms with Crippen LogP contribution in [0.1, 0.15) is 30.7 Å². The summed E-state index contributed by atoms with van der Waals surface area (Å²) in [5.41, 5.74) is 0.454. The van der Waals surface area contributed by atoms with Crippen molar-refractivity contribution in [1.82, 2.24) is 10.6 Å². The number of hydrogen-bond acceptors (Lipinski definition) is 3. The Morgan fingerprint density at radius 2 is 2.08 bits per heavy atom. The topological polar surface area (TPSA) is 50.4 Å². The SMILES string of the molecule is Cl.O=C(NCCC1CCNC1)C1CC1c1ccccc1OC(F)(F)F. The number of benzene rings is 1. The van der Waals surface area contributed by atoms with Gasteiger partial charge in [-0.25, -0.2) is 0 Å². The minimum Gasteiger partial charge on any atom is -0.405 e.